The summed E-state index contributed by atoms with van der Waals surface area (Å²) in [5, 5.41) is 9.10. The van der Waals surface area contributed by atoms with Crippen molar-refractivity contribution in [2.24, 2.45) is 0 Å². The Balaban J connectivity index is 1.51. The highest BCUT2D eigenvalue weighted by Crippen LogP contribution is 2.41. The first-order valence-electron chi connectivity index (χ1n) is 13.8. The Bertz CT molecular complexity index is 1900. The van der Waals surface area contributed by atoms with Crippen LogP contribution in [0.2, 0.25) is 0 Å². The highest BCUT2D eigenvalue weighted by molar-refractivity contribution is 6.11. The molecule has 0 amide bonds. The van der Waals surface area contributed by atoms with Crippen LogP contribution in [0.1, 0.15) is 35.6 Å². The zero-order valence-corrected chi connectivity index (χ0v) is 22.3. The van der Waals surface area contributed by atoms with Gasteiger partial charge in [0.15, 0.2) is 6.10 Å². The van der Waals surface area contributed by atoms with E-state index in [0.29, 0.717) is 0 Å². The Kier molecular flexibility index (Phi) is 6.02. The second kappa shape index (κ2) is 9.98. The second-order valence-electron chi connectivity index (χ2n) is 10.4. The van der Waals surface area contributed by atoms with E-state index in [1.807, 2.05) is 37.3 Å². The average molecular weight is 517 g/mol. The zero-order valence-electron chi connectivity index (χ0n) is 22.3. The number of fused-ring (bicyclic) bond motifs is 6. The van der Waals surface area contributed by atoms with Crippen LogP contribution in [0, 0.1) is 0 Å². The lowest BCUT2D eigenvalue weighted by Crippen LogP contribution is -2.18. The van der Waals surface area contributed by atoms with E-state index in [-0.39, 0.29) is 5.97 Å². The summed E-state index contributed by atoms with van der Waals surface area (Å²) in [6.45, 7) is 1.92. The quantitative estimate of drug-likeness (QED) is 0.168. The maximum Gasteiger partial charge on any atom is 0.314 e. The Morgan fingerprint density at radius 1 is 0.500 bits per heavy atom. The van der Waals surface area contributed by atoms with Gasteiger partial charge in [-0.3, -0.25) is 4.79 Å². The summed E-state index contributed by atoms with van der Waals surface area (Å²) in [7, 11) is 0. The fourth-order valence-corrected chi connectivity index (χ4v) is 5.99. The van der Waals surface area contributed by atoms with Crippen LogP contribution in [0.25, 0.3) is 43.1 Å². The predicted molar refractivity (Wildman–Crippen MR) is 166 cm³/mol. The molecule has 2 nitrogen and oxygen atoms in total. The number of rotatable bonds is 5. The van der Waals surface area contributed by atoms with Gasteiger partial charge in [-0.2, -0.15) is 0 Å². The van der Waals surface area contributed by atoms with Crippen molar-refractivity contribution in [2.45, 2.75) is 18.9 Å². The molecule has 0 N–H and O–H groups in total. The molecule has 0 bridgehead atoms. The molecule has 0 saturated heterocycles. The number of ether oxygens (including phenoxy) is 1. The van der Waals surface area contributed by atoms with Gasteiger partial charge in [0.2, 0.25) is 0 Å². The number of carbonyl (C=O) groups excluding carboxylic acids is 1. The van der Waals surface area contributed by atoms with E-state index in [9.17, 15) is 4.79 Å². The lowest BCUT2D eigenvalue weighted by atomic mass is 9.88. The van der Waals surface area contributed by atoms with Crippen LogP contribution >= 0.6 is 0 Å². The topological polar surface area (TPSA) is 26.3 Å². The SMILES string of the molecule is C[C@@H](C(=O)OC(c1cc2ccccc2c2ccccc12)c1cc2ccccc2c2ccccc12)c1ccccc1. The Labute approximate surface area is 233 Å². The van der Waals surface area contributed by atoms with E-state index in [0.717, 1.165) is 49.0 Å². The van der Waals surface area contributed by atoms with Gasteiger partial charge in [0.25, 0.3) is 0 Å². The molecule has 0 aromatic heterocycles. The Morgan fingerprint density at radius 3 is 1.40 bits per heavy atom. The molecule has 0 saturated carbocycles. The lowest BCUT2D eigenvalue weighted by Gasteiger charge is -2.25. The predicted octanol–water partition coefficient (Wildman–Crippen LogP) is 9.74. The summed E-state index contributed by atoms with van der Waals surface area (Å²) in [4.78, 5) is 13.9. The van der Waals surface area contributed by atoms with Gasteiger partial charge in [0.1, 0.15) is 0 Å². The minimum absolute atomic E-state index is 0.245. The molecular weight excluding hydrogens is 488 g/mol. The molecule has 7 aromatic carbocycles. The summed E-state index contributed by atoms with van der Waals surface area (Å²) in [6.07, 6.45) is -0.595. The summed E-state index contributed by atoms with van der Waals surface area (Å²) < 4.78 is 6.61. The largest absolute Gasteiger partial charge is 0.452 e. The molecule has 0 heterocycles. The van der Waals surface area contributed by atoms with Crippen LogP contribution in [0.3, 0.4) is 0 Å². The van der Waals surface area contributed by atoms with Crippen molar-refractivity contribution in [3.63, 3.8) is 0 Å². The van der Waals surface area contributed by atoms with Gasteiger partial charge in [-0.15, -0.1) is 0 Å². The summed E-state index contributed by atoms with van der Waals surface area (Å²) in [5.74, 6) is -0.646. The van der Waals surface area contributed by atoms with Crippen molar-refractivity contribution in [3.8, 4) is 0 Å². The van der Waals surface area contributed by atoms with Crippen molar-refractivity contribution < 1.29 is 9.53 Å². The molecule has 0 aliphatic rings. The van der Waals surface area contributed by atoms with Gasteiger partial charge in [-0.1, -0.05) is 127 Å². The summed E-state index contributed by atoms with van der Waals surface area (Å²) in [5.41, 5.74) is 2.92. The van der Waals surface area contributed by atoms with Crippen LogP contribution < -0.4 is 0 Å². The van der Waals surface area contributed by atoms with Gasteiger partial charge < -0.3 is 4.74 Å². The normalized spacial score (nSPS) is 12.3. The summed E-state index contributed by atoms with van der Waals surface area (Å²) >= 11 is 0. The molecule has 0 spiro atoms. The molecular formula is C38H28O2. The van der Waals surface area contributed by atoms with Crippen LogP contribution in [-0.4, -0.2) is 5.97 Å². The molecule has 2 heteroatoms. The number of hydrogen-bond acceptors (Lipinski definition) is 2. The molecule has 0 aliphatic heterocycles. The van der Waals surface area contributed by atoms with Gasteiger partial charge in [-0.05, 0) is 67.7 Å². The molecule has 0 aliphatic carbocycles. The number of benzene rings is 7. The highest BCUT2D eigenvalue weighted by atomic mass is 16.5. The maximum atomic E-state index is 13.9. The van der Waals surface area contributed by atoms with Gasteiger partial charge in [0.05, 0.1) is 5.92 Å². The fourth-order valence-electron chi connectivity index (χ4n) is 5.99. The minimum Gasteiger partial charge on any atom is -0.452 e. The molecule has 1 atom stereocenters. The van der Waals surface area contributed by atoms with Crippen molar-refractivity contribution in [1.82, 2.24) is 0 Å². The van der Waals surface area contributed by atoms with Gasteiger partial charge in [0, 0.05) is 11.1 Å². The molecule has 7 aromatic rings. The smallest absolute Gasteiger partial charge is 0.314 e. The molecule has 192 valence electrons. The highest BCUT2D eigenvalue weighted by Gasteiger charge is 2.28. The zero-order chi connectivity index (χ0) is 27.1. The third-order valence-electron chi connectivity index (χ3n) is 8.05. The third kappa shape index (κ3) is 4.10. The van der Waals surface area contributed by atoms with E-state index in [1.54, 1.807) is 0 Å². The molecule has 40 heavy (non-hydrogen) atoms. The molecule has 0 radical (unpaired) electrons. The van der Waals surface area contributed by atoms with E-state index in [2.05, 4.69) is 109 Å². The van der Waals surface area contributed by atoms with E-state index in [4.69, 9.17) is 4.74 Å². The van der Waals surface area contributed by atoms with Crippen LogP contribution in [0.15, 0.2) is 140 Å². The van der Waals surface area contributed by atoms with Crippen molar-refractivity contribution >= 4 is 49.1 Å². The standard InChI is InChI=1S/C38H28O2/c1-25(26-13-3-2-4-14-26)38(39)40-37(35-23-27-15-5-7-17-29(27)31-19-9-11-21-33(31)35)36-24-28-16-6-8-18-30(28)32-20-10-12-22-34(32)36/h2-25,37H,1H3/t25-/m1/s1. The van der Waals surface area contributed by atoms with Crippen LogP contribution in [0.5, 0.6) is 0 Å². The Hall–Kier alpha value is -4.95. The monoisotopic (exact) mass is 516 g/mol. The Morgan fingerprint density at radius 2 is 0.900 bits per heavy atom. The first kappa shape index (κ1) is 24.1. The first-order valence-corrected chi connectivity index (χ1v) is 13.8. The van der Waals surface area contributed by atoms with Crippen LogP contribution in [0.4, 0.5) is 0 Å². The number of carbonyl (C=O) groups is 1. The van der Waals surface area contributed by atoms with Crippen LogP contribution in [-0.2, 0) is 9.53 Å². The van der Waals surface area contributed by atoms with Crippen molar-refractivity contribution in [3.05, 3.63) is 156 Å². The summed E-state index contributed by atoms with van der Waals surface area (Å²) in [6, 6.07) is 48.0. The van der Waals surface area contributed by atoms with Crippen molar-refractivity contribution in [2.75, 3.05) is 0 Å². The van der Waals surface area contributed by atoms with Crippen molar-refractivity contribution in [1.29, 1.82) is 0 Å². The number of hydrogen-bond donors (Lipinski definition) is 0. The van der Waals surface area contributed by atoms with Gasteiger partial charge >= 0.3 is 5.97 Å². The third-order valence-corrected chi connectivity index (χ3v) is 8.05. The molecule has 7 rings (SSSR count). The minimum atomic E-state index is -0.595. The van der Waals surface area contributed by atoms with E-state index < -0.39 is 12.0 Å². The fraction of sp³-hybridized carbons (Fsp3) is 0.0789. The first-order chi connectivity index (χ1) is 19.7. The molecule has 0 fully saturated rings. The average Bonchev–Trinajstić information content (AvgIpc) is 3.03. The lowest BCUT2D eigenvalue weighted by molar-refractivity contribution is -0.148. The second-order valence-corrected chi connectivity index (χ2v) is 10.4. The number of esters is 1. The molecule has 0 unspecified atom stereocenters. The van der Waals surface area contributed by atoms with Gasteiger partial charge in [-0.25, -0.2) is 0 Å². The van der Waals surface area contributed by atoms with E-state index >= 15 is 0 Å². The maximum absolute atomic E-state index is 13.9. The van der Waals surface area contributed by atoms with E-state index in [1.165, 1.54) is 10.8 Å².